The van der Waals surface area contributed by atoms with Crippen LogP contribution in [-0.4, -0.2) is 48.4 Å². The van der Waals surface area contributed by atoms with Gasteiger partial charge in [0.2, 0.25) is 13.4 Å². The van der Waals surface area contributed by atoms with E-state index >= 15 is 0 Å². The standard InChI is InChI=1S/C44H41B2N7/c1-43(2,40-17-7-9-23-47-40)30-13-11-15-32(25-30)45(5)34-19-21-36-37-22-20-35(28-39(37)53(38(36)27-34)42-51-49-29-50-52-42)46(6)33-16-12-14-31(26-33)44(3,4)41-18-8-10-24-48-41/h7-29H,1-6H3. The Kier molecular flexibility index (Phi) is 8.73. The number of rotatable bonds is 9. The minimum atomic E-state index is -0.233. The van der Waals surface area contributed by atoms with Crippen molar-refractivity contribution in [2.45, 2.75) is 52.2 Å². The zero-order chi connectivity index (χ0) is 36.7. The highest BCUT2D eigenvalue weighted by atomic mass is 15.3. The molecule has 0 fully saturated rings. The molecule has 0 aliphatic carbocycles. The number of fused-ring (bicyclic) bond motifs is 3. The SMILES string of the molecule is CB(c1cccc(C(C)(C)c2ccccn2)c1)c1ccc2c3ccc(B(C)c4cccc(C(C)(C)c5ccccn5)c4)cc3n(-c3nncnn3)c2c1. The summed E-state index contributed by atoms with van der Waals surface area (Å²) in [5.41, 5.74) is 11.0. The molecule has 9 heteroatoms. The van der Waals surface area contributed by atoms with E-state index in [1.165, 1.54) is 39.3 Å². The van der Waals surface area contributed by atoms with Gasteiger partial charge in [-0.3, -0.25) is 14.5 Å². The zero-order valence-corrected chi connectivity index (χ0v) is 31.1. The summed E-state index contributed by atoms with van der Waals surface area (Å²) in [4.78, 5) is 9.37. The van der Waals surface area contributed by atoms with Crippen molar-refractivity contribution in [1.82, 2.24) is 34.9 Å². The third kappa shape index (κ3) is 6.20. The molecule has 0 saturated carbocycles. The van der Waals surface area contributed by atoms with Crippen molar-refractivity contribution < 1.29 is 0 Å². The maximum atomic E-state index is 4.68. The molecule has 4 heterocycles. The number of hydrogen-bond acceptors (Lipinski definition) is 6. The number of benzene rings is 4. The minimum absolute atomic E-state index is 0.136. The van der Waals surface area contributed by atoms with E-state index in [1.807, 2.05) is 24.5 Å². The summed E-state index contributed by atoms with van der Waals surface area (Å²) in [6.07, 6.45) is 5.11. The molecule has 8 rings (SSSR count). The van der Waals surface area contributed by atoms with Gasteiger partial charge in [0, 0.05) is 34.0 Å². The maximum Gasteiger partial charge on any atom is 0.273 e. The summed E-state index contributed by atoms with van der Waals surface area (Å²) in [6.45, 7) is 13.8. The molecule has 0 bridgehead atoms. The molecule has 0 unspecified atom stereocenters. The van der Waals surface area contributed by atoms with Crippen molar-refractivity contribution >= 4 is 57.1 Å². The summed E-state index contributed by atoms with van der Waals surface area (Å²) in [6, 6.07) is 43.6. The molecule has 53 heavy (non-hydrogen) atoms. The van der Waals surface area contributed by atoms with Gasteiger partial charge in [-0.25, -0.2) is 0 Å². The molecule has 0 N–H and O–H groups in total. The molecule has 4 aromatic carbocycles. The van der Waals surface area contributed by atoms with E-state index in [4.69, 9.17) is 0 Å². The van der Waals surface area contributed by atoms with Crippen molar-refractivity contribution in [2.24, 2.45) is 0 Å². The summed E-state index contributed by atoms with van der Waals surface area (Å²) < 4.78 is 2.11. The Hall–Kier alpha value is -5.95. The zero-order valence-electron chi connectivity index (χ0n) is 31.1. The second-order valence-electron chi connectivity index (χ2n) is 15.1. The molecule has 0 aliphatic heterocycles. The molecule has 0 amide bonds. The molecular formula is C44H41B2N7. The fourth-order valence-corrected chi connectivity index (χ4v) is 7.63. The van der Waals surface area contributed by atoms with Gasteiger partial charge in [0.25, 0.3) is 5.95 Å². The first kappa shape index (κ1) is 34.2. The van der Waals surface area contributed by atoms with E-state index < -0.39 is 0 Å². The van der Waals surface area contributed by atoms with Crippen LogP contribution in [0.4, 0.5) is 0 Å². The lowest BCUT2D eigenvalue weighted by Crippen LogP contribution is -2.40. The fourth-order valence-electron chi connectivity index (χ4n) is 7.63. The topological polar surface area (TPSA) is 82.3 Å². The van der Waals surface area contributed by atoms with Crippen molar-refractivity contribution in [1.29, 1.82) is 0 Å². The average Bonchev–Trinajstić information content (AvgIpc) is 3.54. The number of nitrogens with zero attached hydrogens (tertiary/aromatic N) is 7. The highest BCUT2D eigenvalue weighted by molar-refractivity contribution is 6.84. The van der Waals surface area contributed by atoms with Crippen LogP contribution < -0.4 is 21.9 Å². The van der Waals surface area contributed by atoms with Crippen LogP contribution in [0.15, 0.2) is 140 Å². The molecule has 8 aromatic rings. The molecule has 0 atom stereocenters. The van der Waals surface area contributed by atoms with E-state index in [-0.39, 0.29) is 24.3 Å². The number of aromatic nitrogens is 7. The first-order valence-electron chi connectivity index (χ1n) is 18.3. The Balaban J connectivity index is 1.20. The highest BCUT2D eigenvalue weighted by Crippen LogP contribution is 2.32. The maximum absolute atomic E-state index is 4.68. The molecule has 0 aliphatic rings. The van der Waals surface area contributed by atoms with E-state index in [0.717, 1.165) is 33.2 Å². The van der Waals surface area contributed by atoms with E-state index in [9.17, 15) is 0 Å². The smallest absolute Gasteiger partial charge is 0.273 e. The summed E-state index contributed by atoms with van der Waals surface area (Å²) in [5, 5.41) is 19.4. The van der Waals surface area contributed by atoms with Gasteiger partial charge in [-0.05, 0) is 47.5 Å². The summed E-state index contributed by atoms with van der Waals surface area (Å²) in [7, 11) is 0. The van der Waals surface area contributed by atoms with E-state index in [1.54, 1.807) is 0 Å². The normalized spacial score (nSPS) is 12.0. The van der Waals surface area contributed by atoms with Crippen LogP contribution in [0.1, 0.15) is 50.2 Å². The second-order valence-corrected chi connectivity index (χ2v) is 15.1. The Morgan fingerprint density at radius 1 is 0.491 bits per heavy atom. The van der Waals surface area contributed by atoms with Gasteiger partial charge in [-0.15, -0.1) is 20.4 Å². The van der Waals surface area contributed by atoms with Crippen molar-refractivity contribution in [3.05, 3.63) is 163 Å². The van der Waals surface area contributed by atoms with Crippen molar-refractivity contribution in [2.75, 3.05) is 0 Å². The predicted octanol–water partition coefficient (Wildman–Crippen LogP) is 6.28. The Morgan fingerprint density at radius 2 is 0.943 bits per heavy atom. The first-order valence-corrected chi connectivity index (χ1v) is 18.3. The fraction of sp³-hybridized carbons (Fsp3) is 0.182. The monoisotopic (exact) mass is 689 g/mol. The lowest BCUT2D eigenvalue weighted by molar-refractivity contribution is 0.617. The van der Waals surface area contributed by atoms with Gasteiger partial charge in [0.05, 0.1) is 22.4 Å². The van der Waals surface area contributed by atoms with Gasteiger partial charge in [0.1, 0.15) is 0 Å². The number of pyridine rings is 2. The van der Waals surface area contributed by atoms with Crippen molar-refractivity contribution in [3.63, 3.8) is 0 Å². The molecule has 7 nitrogen and oxygen atoms in total. The third-order valence-corrected chi connectivity index (χ3v) is 11.2. The highest BCUT2D eigenvalue weighted by Gasteiger charge is 2.28. The van der Waals surface area contributed by atoms with E-state index in [0.29, 0.717) is 5.95 Å². The van der Waals surface area contributed by atoms with Gasteiger partial charge >= 0.3 is 0 Å². The van der Waals surface area contributed by atoms with Crippen LogP contribution in [0.2, 0.25) is 13.6 Å². The van der Waals surface area contributed by atoms with Gasteiger partial charge in [0.15, 0.2) is 6.33 Å². The molecule has 0 saturated heterocycles. The van der Waals surface area contributed by atoms with Crippen LogP contribution in [0.3, 0.4) is 0 Å². The number of hydrogen-bond donors (Lipinski definition) is 0. The Bertz CT molecular complexity index is 2400. The lowest BCUT2D eigenvalue weighted by atomic mass is 9.42. The van der Waals surface area contributed by atoms with Crippen LogP contribution in [-0.2, 0) is 10.8 Å². The van der Waals surface area contributed by atoms with Crippen molar-refractivity contribution in [3.8, 4) is 5.95 Å². The van der Waals surface area contributed by atoms with Crippen LogP contribution in [0.25, 0.3) is 27.8 Å². The Morgan fingerprint density at radius 3 is 1.38 bits per heavy atom. The van der Waals surface area contributed by atoms with Gasteiger partial charge in [-0.1, -0.05) is 148 Å². The minimum Gasteiger partial charge on any atom is -0.275 e. The third-order valence-electron chi connectivity index (χ3n) is 11.2. The average molecular weight is 689 g/mol. The van der Waals surface area contributed by atoms with Crippen LogP contribution in [0, 0.1) is 0 Å². The predicted molar refractivity (Wildman–Crippen MR) is 219 cm³/mol. The van der Waals surface area contributed by atoms with Crippen LogP contribution in [0.5, 0.6) is 0 Å². The Labute approximate surface area is 311 Å². The van der Waals surface area contributed by atoms with Gasteiger partial charge < -0.3 is 0 Å². The van der Waals surface area contributed by atoms with Crippen LogP contribution >= 0.6 is 0 Å². The first-order chi connectivity index (χ1) is 25.6. The molecular weight excluding hydrogens is 648 g/mol. The molecule has 0 spiro atoms. The quantitative estimate of drug-likeness (QED) is 0.166. The second kappa shape index (κ2) is 13.5. The van der Waals surface area contributed by atoms with Gasteiger partial charge in [-0.2, -0.15) is 0 Å². The lowest BCUT2D eigenvalue weighted by Gasteiger charge is -2.26. The molecule has 0 radical (unpaired) electrons. The molecule has 258 valence electrons. The molecule has 4 aromatic heterocycles. The summed E-state index contributed by atoms with van der Waals surface area (Å²) >= 11 is 0. The largest absolute Gasteiger partial charge is 0.275 e. The van der Waals surface area contributed by atoms with E-state index in [2.05, 4.69) is 185 Å². The summed E-state index contributed by atoms with van der Waals surface area (Å²) in [5.74, 6) is 0.445.